The first kappa shape index (κ1) is 13.8. The Kier molecular flexibility index (Phi) is 3.56. The fourth-order valence-electron chi connectivity index (χ4n) is 1.79. The van der Waals surface area contributed by atoms with E-state index in [-0.39, 0.29) is 5.69 Å². The Morgan fingerprint density at radius 1 is 1.30 bits per heavy atom. The largest absolute Gasteiger partial charge is 0.479 e. The van der Waals surface area contributed by atoms with Crippen LogP contribution in [-0.4, -0.2) is 22.1 Å². The van der Waals surface area contributed by atoms with Crippen molar-refractivity contribution in [1.29, 1.82) is 0 Å². The molecule has 6 nitrogen and oxygen atoms in total. The fourth-order valence-corrected chi connectivity index (χ4v) is 1.79. The van der Waals surface area contributed by atoms with E-state index in [4.69, 9.17) is 4.52 Å². The summed E-state index contributed by atoms with van der Waals surface area (Å²) in [6, 6.07) is 9.92. The van der Waals surface area contributed by atoms with Gasteiger partial charge in [-0.15, -0.1) is 0 Å². The number of carboxylic acid groups (broad SMARTS) is 1. The predicted molar refractivity (Wildman–Crippen MR) is 70.1 cm³/mol. The summed E-state index contributed by atoms with van der Waals surface area (Å²) in [7, 11) is 0. The third kappa shape index (κ3) is 2.54. The van der Waals surface area contributed by atoms with Crippen LogP contribution < -0.4 is 5.32 Å². The highest BCUT2D eigenvalue weighted by Crippen LogP contribution is 2.21. The van der Waals surface area contributed by atoms with Crippen LogP contribution in [0, 0.1) is 6.92 Å². The number of nitrogens with zero attached hydrogens (tertiary/aromatic N) is 1. The van der Waals surface area contributed by atoms with Crippen LogP contribution in [0.1, 0.15) is 28.7 Å². The molecule has 0 spiro atoms. The number of carbonyl (C=O) groups excluding carboxylic acids is 1. The molecule has 0 fully saturated rings. The Morgan fingerprint density at radius 2 is 1.95 bits per heavy atom. The number of amides is 1. The molecule has 1 amide bonds. The minimum Gasteiger partial charge on any atom is -0.479 e. The van der Waals surface area contributed by atoms with Crippen molar-refractivity contribution < 1.29 is 19.2 Å². The third-order valence-corrected chi connectivity index (χ3v) is 3.00. The van der Waals surface area contributed by atoms with E-state index in [1.54, 1.807) is 37.3 Å². The quantitative estimate of drug-likeness (QED) is 0.885. The monoisotopic (exact) mass is 274 g/mol. The maximum Gasteiger partial charge on any atom is 0.333 e. The van der Waals surface area contributed by atoms with E-state index in [0.717, 1.165) is 0 Å². The van der Waals surface area contributed by atoms with Crippen LogP contribution in [-0.2, 0) is 10.3 Å². The summed E-state index contributed by atoms with van der Waals surface area (Å²) in [6.45, 7) is 3.08. The zero-order valence-electron chi connectivity index (χ0n) is 11.1. The molecule has 1 unspecified atom stereocenters. The molecule has 0 saturated carbocycles. The maximum absolute atomic E-state index is 12.1. The molecule has 1 atom stereocenters. The molecule has 104 valence electrons. The fraction of sp³-hybridized carbons (Fsp3) is 0.214. The Labute approximate surface area is 115 Å². The SMILES string of the molecule is Cc1cc(C(=O)NC(C)(C(=O)O)c2ccccc2)no1. The number of carbonyl (C=O) groups is 2. The van der Waals surface area contributed by atoms with Crippen molar-refractivity contribution in [3.05, 3.63) is 53.4 Å². The van der Waals surface area contributed by atoms with Gasteiger partial charge in [0, 0.05) is 6.07 Å². The van der Waals surface area contributed by atoms with Crippen molar-refractivity contribution in [2.24, 2.45) is 0 Å². The standard InChI is InChI=1S/C14H14N2O4/c1-9-8-11(16-20-9)12(17)15-14(2,13(18)19)10-6-4-3-5-7-10/h3-8H,1-2H3,(H,15,17)(H,18,19). The first-order valence-electron chi connectivity index (χ1n) is 5.98. The number of carboxylic acids is 1. The molecular formula is C14H14N2O4. The number of hydrogen-bond donors (Lipinski definition) is 2. The molecule has 1 aromatic carbocycles. The van der Waals surface area contributed by atoms with Gasteiger partial charge >= 0.3 is 5.97 Å². The van der Waals surface area contributed by atoms with Gasteiger partial charge in [0.25, 0.3) is 5.91 Å². The van der Waals surface area contributed by atoms with Gasteiger partial charge < -0.3 is 14.9 Å². The highest BCUT2D eigenvalue weighted by atomic mass is 16.5. The average Bonchev–Trinajstić information content (AvgIpc) is 2.86. The maximum atomic E-state index is 12.1. The smallest absolute Gasteiger partial charge is 0.333 e. The molecule has 2 aromatic rings. The zero-order chi connectivity index (χ0) is 14.8. The van der Waals surface area contributed by atoms with E-state index < -0.39 is 17.4 Å². The lowest BCUT2D eigenvalue weighted by Crippen LogP contribution is -2.49. The van der Waals surface area contributed by atoms with E-state index >= 15 is 0 Å². The molecular weight excluding hydrogens is 260 g/mol. The van der Waals surface area contributed by atoms with Crippen LogP contribution in [0.15, 0.2) is 40.9 Å². The summed E-state index contributed by atoms with van der Waals surface area (Å²) < 4.78 is 4.81. The molecule has 0 aliphatic rings. The summed E-state index contributed by atoms with van der Waals surface area (Å²) >= 11 is 0. The molecule has 0 saturated heterocycles. The molecule has 0 aliphatic carbocycles. The second kappa shape index (κ2) is 5.16. The normalized spacial score (nSPS) is 13.5. The van der Waals surface area contributed by atoms with Gasteiger partial charge in [0.1, 0.15) is 5.76 Å². The van der Waals surface area contributed by atoms with Crippen LogP contribution in [0.2, 0.25) is 0 Å². The summed E-state index contributed by atoms with van der Waals surface area (Å²) in [4.78, 5) is 23.6. The van der Waals surface area contributed by atoms with E-state index in [2.05, 4.69) is 10.5 Å². The lowest BCUT2D eigenvalue weighted by molar-refractivity contribution is -0.144. The molecule has 2 N–H and O–H groups in total. The molecule has 6 heteroatoms. The highest BCUT2D eigenvalue weighted by molar-refractivity contribution is 5.96. The summed E-state index contributed by atoms with van der Waals surface area (Å²) in [5.41, 5.74) is -1.02. The molecule has 20 heavy (non-hydrogen) atoms. The molecule has 1 heterocycles. The van der Waals surface area contributed by atoms with Gasteiger partial charge in [-0.05, 0) is 19.4 Å². The van der Waals surface area contributed by atoms with Gasteiger partial charge in [0.15, 0.2) is 11.2 Å². The van der Waals surface area contributed by atoms with Gasteiger partial charge in [-0.1, -0.05) is 35.5 Å². The highest BCUT2D eigenvalue weighted by Gasteiger charge is 2.37. The van der Waals surface area contributed by atoms with Crippen LogP contribution in [0.4, 0.5) is 0 Å². The van der Waals surface area contributed by atoms with Gasteiger partial charge in [-0.25, -0.2) is 4.79 Å². The third-order valence-electron chi connectivity index (χ3n) is 3.00. The van der Waals surface area contributed by atoms with Gasteiger partial charge in [-0.3, -0.25) is 4.79 Å². The molecule has 2 rings (SSSR count). The van der Waals surface area contributed by atoms with Crippen molar-refractivity contribution in [2.45, 2.75) is 19.4 Å². The zero-order valence-corrected chi connectivity index (χ0v) is 11.1. The molecule has 0 bridgehead atoms. The van der Waals surface area contributed by atoms with Crippen LogP contribution in [0.25, 0.3) is 0 Å². The predicted octanol–water partition coefficient (Wildman–Crippen LogP) is 1.71. The van der Waals surface area contributed by atoms with E-state index in [1.165, 1.54) is 13.0 Å². The summed E-state index contributed by atoms with van der Waals surface area (Å²) in [6.07, 6.45) is 0. The first-order chi connectivity index (χ1) is 9.43. The van der Waals surface area contributed by atoms with Crippen molar-refractivity contribution in [3.8, 4) is 0 Å². The van der Waals surface area contributed by atoms with Crippen molar-refractivity contribution >= 4 is 11.9 Å². The lowest BCUT2D eigenvalue weighted by atomic mass is 9.92. The van der Waals surface area contributed by atoms with Crippen molar-refractivity contribution in [2.75, 3.05) is 0 Å². The second-order valence-corrected chi connectivity index (χ2v) is 4.57. The van der Waals surface area contributed by atoms with Crippen molar-refractivity contribution in [3.63, 3.8) is 0 Å². The van der Waals surface area contributed by atoms with E-state index in [0.29, 0.717) is 11.3 Å². The number of benzene rings is 1. The lowest BCUT2D eigenvalue weighted by Gasteiger charge is -2.26. The number of aromatic nitrogens is 1. The Morgan fingerprint density at radius 3 is 2.45 bits per heavy atom. The second-order valence-electron chi connectivity index (χ2n) is 4.57. The molecule has 0 aliphatic heterocycles. The van der Waals surface area contributed by atoms with Crippen LogP contribution in [0.5, 0.6) is 0 Å². The number of aliphatic carboxylic acids is 1. The number of rotatable bonds is 4. The first-order valence-corrected chi connectivity index (χ1v) is 5.98. The van der Waals surface area contributed by atoms with E-state index in [9.17, 15) is 14.7 Å². The van der Waals surface area contributed by atoms with E-state index in [1.807, 2.05) is 0 Å². The molecule has 0 radical (unpaired) electrons. The summed E-state index contributed by atoms with van der Waals surface area (Å²) in [5, 5.41) is 15.5. The van der Waals surface area contributed by atoms with Gasteiger partial charge in [-0.2, -0.15) is 0 Å². The van der Waals surface area contributed by atoms with Gasteiger partial charge in [0.2, 0.25) is 0 Å². The molecule has 1 aromatic heterocycles. The number of aryl methyl sites for hydroxylation is 1. The minimum atomic E-state index is -1.54. The van der Waals surface area contributed by atoms with Crippen molar-refractivity contribution in [1.82, 2.24) is 10.5 Å². The Balaban J connectivity index is 2.31. The minimum absolute atomic E-state index is 0.0471. The summed E-state index contributed by atoms with van der Waals surface area (Å²) in [5.74, 6) is -1.28. The van der Waals surface area contributed by atoms with Crippen LogP contribution >= 0.6 is 0 Å². The topological polar surface area (TPSA) is 92.4 Å². The Bertz CT molecular complexity index is 636. The number of nitrogens with one attached hydrogen (secondary N) is 1. The average molecular weight is 274 g/mol. The number of hydrogen-bond acceptors (Lipinski definition) is 4. The Hall–Kier alpha value is -2.63. The van der Waals surface area contributed by atoms with Crippen LogP contribution in [0.3, 0.4) is 0 Å². The van der Waals surface area contributed by atoms with Gasteiger partial charge in [0.05, 0.1) is 0 Å².